The molecule has 3 aliphatic heterocycles. The van der Waals surface area contributed by atoms with Gasteiger partial charge in [0, 0.05) is 51.5 Å². The van der Waals surface area contributed by atoms with Crippen LogP contribution in [-0.4, -0.2) is 78.1 Å². The first-order valence-electron chi connectivity index (χ1n) is 10.3. The average Bonchev–Trinajstić information content (AvgIpc) is 3.43. The SMILES string of the molecule is O=C(N1CC2CN(Cc3ccc(N4CCOCC4)cc3)CC2C1)n1cc(Cl)cn1. The highest BCUT2D eigenvalue weighted by Gasteiger charge is 2.41. The smallest absolute Gasteiger partial charge is 0.344 e. The van der Waals surface area contributed by atoms with Gasteiger partial charge in [0.1, 0.15) is 0 Å². The van der Waals surface area contributed by atoms with Crippen molar-refractivity contribution in [3.05, 3.63) is 47.2 Å². The summed E-state index contributed by atoms with van der Waals surface area (Å²) in [5.74, 6) is 1.08. The van der Waals surface area contributed by atoms with E-state index in [1.807, 2.05) is 4.90 Å². The van der Waals surface area contributed by atoms with Crippen LogP contribution in [0.5, 0.6) is 0 Å². The standard InChI is InChI=1S/C21H26ClN5O2/c22-19-9-23-27(15-19)21(28)26-13-17-11-24(12-18(17)14-26)10-16-1-3-20(4-2-16)25-5-7-29-8-6-25/h1-4,9,15,17-18H,5-8,10-14H2. The Morgan fingerprint density at radius 1 is 1.07 bits per heavy atom. The van der Waals surface area contributed by atoms with Crippen LogP contribution in [0.2, 0.25) is 5.02 Å². The van der Waals surface area contributed by atoms with E-state index in [0.717, 1.165) is 59.0 Å². The molecule has 0 radical (unpaired) electrons. The molecule has 0 aliphatic carbocycles. The van der Waals surface area contributed by atoms with Gasteiger partial charge in [-0.1, -0.05) is 23.7 Å². The van der Waals surface area contributed by atoms with Crippen LogP contribution in [0.3, 0.4) is 0 Å². The van der Waals surface area contributed by atoms with Crippen molar-refractivity contribution in [2.75, 3.05) is 57.4 Å². The number of anilines is 1. The number of carbonyl (C=O) groups is 1. The fourth-order valence-electron chi connectivity index (χ4n) is 4.82. The lowest BCUT2D eigenvalue weighted by molar-refractivity contribution is 0.122. The molecule has 4 heterocycles. The van der Waals surface area contributed by atoms with Gasteiger partial charge in [-0.05, 0) is 29.5 Å². The Morgan fingerprint density at radius 2 is 1.76 bits per heavy atom. The molecule has 2 atom stereocenters. The molecule has 2 aromatic rings. The molecule has 1 aromatic heterocycles. The second-order valence-electron chi connectivity index (χ2n) is 8.27. The zero-order chi connectivity index (χ0) is 19.8. The third-order valence-electron chi connectivity index (χ3n) is 6.30. The molecule has 0 saturated carbocycles. The largest absolute Gasteiger partial charge is 0.378 e. The fraction of sp³-hybridized carbons (Fsp3) is 0.524. The van der Waals surface area contributed by atoms with E-state index in [1.165, 1.54) is 22.1 Å². The first-order chi connectivity index (χ1) is 14.2. The molecule has 1 aromatic carbocycles. The Kier molecular flexibility index (Phi) is 5.20. The minimum atomic E-state index is -0.0726. The van der Waals surface area contributed by atoms with Crippen LogP contribution in [-0.2, 0) is 11.3 Å². The minimum Gasteiger partial charge on any atom is -0.378 e. The Bertz CT molecular complexity index is 850. The van der Waals surface area contributed by atoms with Crippen LogP contribution >= 0.6 is 11.6 Å². The minimum absolute atomic E-state index is 0.0726. The molecule has 3 saturated heterocycles. The van der Waals surface area contributed by atoms with Crippen LogP contribution in [0.15, 0.2) is 36.7 Å². The second-order valence-corrected chi connectivity index (χ2v) is 8.71. The van der Waals surface area contributed by atoms with Crippen molar-refractivity contribution in [3.63, 3.8) is 0 Å². The number of ether oxygens (including phenoxy) is 1. The molecule has 29 heavy (non-hydrogen) atoms. The molecule has 154 valence electrons. The maximum absolute atomic E-state index is 12.6. The molecule has 3 aliphatic rings. The molecule has 2 unspecified atom stereocenters. The predicted octanol–water partition coefficient (Wildman–Crippen LogP) is 2.41. The quantitative estimate of drug-likeness (QED) is 0.770. The lowest BCUT2D eigenvalue weighted by Crippen LogP contribution is -2.36. The van der Waals surface area contributed by atoms with Crippen LogP contribution in [0, 0.1) is 11.8 Å². The Morgan fingerprint density at radius 3 is 2.38 bits per heavy atom. The van der Waals surface area contributed by atoms with Crippen molar-refractivity contribution in [2.45, 2.75) is 6.54 Å². The van der Waals surface area contributed by atoms with Gasteiger partial charge in [-0.15, -0.1) is 0 Å². The Hall–Kier alpha value is -2.09. The third kappa shape index (κ3) is 3.99. The van der Waals surface area contributed by atoms with Gasteiger partial charge in [-0.2, -0.15) is 9.78 Å². The van der Waals surface area contributed by atoms with Crippen molar-refractivity contribution in [3.8, 4) is 0 Å². The maximum Gasteiger partial charge on any atom is 0.344 e. The number of hydrogen-bond acceptors (Lipinski definition) is 5. The van der Waals surface area contributed by atoms with Gasteiger partial charge in [0.05, 0.1) is 30.6 Å². The molecular weight excluding hydrogens is 390 g/mol. The van der Waals surface area contributed by atoms with Crippen LogP contribution in [0.4, 0.5) is 10.5 Å². The maximum atomic E-state index is 12.6. The van der Waals surface area contributed by atoms with Gasteiger partial charge in [0.25, 0.3) is 0 Å². The molecule has 0 spiro atoms. The molecule has 0 N–H and O–H groups in total. The zero-order valence-corrected chi connectivity index (χ0v) is 17.2. The molecule has 1 amide bonds. The van der Waals surface area contributed by atoms with E-state index in [4.69, 9.17) is 16.3 Å². The molecule has 5 rings (SSSR count). The molecular formula is C21H26ClN5O2. The van der Waals surface area contributed by atoms with Gasteiger partial charge in [0.2, 0.25) is 0 Å². The fourth-order valence-corrected chi connectivity index (χ4v) is 4.95. The van der Waals surface area contributed by atoms with Gasteiger partial charge in [0.15, 0.2) is 0 Å². The highest BCUT2D eigenvalue weighted by Crippen LogP contribution is 2.32. The van der Waals surface area contributed by atoms with Crippen LogP contribution in [0.1, 0.15) is 5.56 Å². The van der Waals surface area contributed by atoms with Crippen molar-refractivity contribution in [1.29, 1.82) is 0 Å². The van der Waals surface area contributed by atoms with E-state index < -0.39 is 0 Å². The number of rotatable bonds is 3. The van der Waals surface area contributed by atoms with Gasteiger partial charge in [-0.25, -0.2) is 4.79 Å². The van der Waals surface area contributed by atoms with Gasteiger partial charge >= 0.3 is 6.03 Å². The Balaban J connectivity index is 1.14. The number of halogens is 1. The van der Waals surface area contributed by atoms with E-state index in [0.29, 0.717) is 16.9 Å². The monoisotopic (exact) mass is 415 g/mol. The van der Waals surface area contributed by atoms with Crippen molar-refractivity contribution >= 4 is 23.3 Å². The lowest BCUT2D eigenvalue weighted by Gasteiger charge is -2.29. The summed E-state index contributed by atoms with van der Waals surface area (Å²) in [5.41, 5.74) is 2.63. The summed E-state index contributed by atoms with van der Waals surface area (Å²) in [7, 11) is 0. The third-order valence-corrected chi connectivity index (χ3v) is 6.49. The number of morpholine rings is 1. The number of amides is 1. The number of hydrogen-bond donors (Lipinski definition) is 0. The number of nitrogens with zero attached hydrogens (tertiary/aromatic N) is 5. The number of benzene rings is 1. The topological polar surface area (TPSA) is 53.8 Å². The van der Waals surface area contributed by atoms with E-state index in [1.54, 1.807) is 6.20 Å². The van der Waals surface area contributed by atoms with Gasteiger partial charge in [-0.3, -0.25) is 4.90 Å². The highest BCUT2D eigenvalue weighted by molar-refractivity contribution is 6.30. The summed E-state index contributed by atoms with van der Waals surface area (Å²) < 4.78 is 6.78. The van der Waals surface area contributed by atoms with Gasteiger partial charge < -0.3 is 14.5 Å². The Labute approximate surface area is 175 Å². The molecule has 0 bridgehead atoms. The van der Waals surface area contributed by atoms with Crippen molar-refractivity contribution in [2.24, 2.45) is 11.8 Å². The van der Waals surface area contributed by atoms with Crippen molar-refractivity contribution in [1.82, 2.24) is 19.6 Å². The van der Waals surface area contributed by atoms with E-state index in [9.17, 15) is 4.79 Å². The first kappa shape index (κ1) is 18.9. The van der Waals surface area contributed by atoms with Crippen LogP contribution < -0.4 is 4.90 Å². The molecule has 8 heteroatoms. The summed E-state index contributed by atoms with van der Waals surface area (Å²) in [5, 5.41) is 4.53. The second kappa shape index (κ2) is 7.97. The number of likely N-dealkylation sites (tertiary alicyclic amines) is 2. The summed E-state index contributed by atoms with van der Waals surface area (Å²) in [4.78, 5) is 19.4. The number of fused-ring (bicyclic) bond motifs is 1. The van der Waals surface area contributed by atoms with E-state index in [-0.39, 0.29) is 6.03 Å². The molecule has 7 nitrogen and oxygen atoms in total. The first-order valence-corrected chi connectivity index (χ1v) is 10.7. The van der Waals surface area contributed by atoms with E-state index >= 15 is 0 Å². The lowest BCUT2D eigenvalue weighted by atomic mass is 10.0. The zero-order valence-electron chi connectivity index (χ0n) is 16.4. The average molecular weight is 416 g/mol. The summed E-state index contributed by atoms with van der Waals surface area (Å²) in [6.45, 7) is 8.21. The van der Waals surface area contributed by atoms with Crippen molar-refractivity contribution < 1.29 is 9.53 Å². The van der Waals surface area contributed by atoms with Crippen LogP contribution in [0.25, 0.3) is 0 Å². The number of aromatic nitrogens is 2. The predicted molar refractivity (Wildman–Crippen MR) is 111 cm³/mol. The molecule has 3 fully saturated rings. The van der Waals surface area contributed by atoms with E-state index in [2.05, 4.69) is 39.2 Å². The highest BCUT2D eigenvalue weighted by atomic mass is 35.5. The number of carbonyl (C=O) groups excluding carboxylic acids is 1. The summed E-state index contributed by atoms with van der Waals surface area (Å²) >= 11 is 5.89. The summed E-state index contributed by atoms with van der Waals surface area (Å²) in [6.07, 6.45) is 3.08. The summed E-state index contributed by atoms with van der Waals surface area (Å²) in [6, 6.07) is 8.88. The normalized spacial score (nSPS) is 24.9.